The van der Waals surface area contributed by atoms with Crippen LogP contribution >= 0.6 is 11.6 Å². The minimum absolute atomic E-state index is 0.0785. The molecule has 1 saturated carbocycles. The number of ether oxygens (including phenoxy) is 3. The molecule has 3 aromatic rings. The minimum Gasteiger partial charge on any atom is -0.462 e. The molecule has 1 N–H and O–H groups in total. The second-order valence-corrected chi connectivity index (χ2v) is 15.9. The molecule has 17 heteroatoms. The Labute approximate surface area is 302 Å². The van der Waals surface area contributed by atoms with Gasteiger partial charge in [0.1, 0.15) is 41.1 Å². The molecule has 2 aromatic heterocycles. The number of hydrogen-bond acceptors (Lipinski definition) is 10. The molecule has 2 saturated heterocycles. The Morgan fingerprint density at radius 2 is 1.65 bits per heavy atom. The third-order valence-corrected chi connectivity index (χ3v) is 9.23. The third-order valence-electron chi connectivity index (χ3n) is 8.93. The van der Waals surface area contributed by atoms with Gasteiger partial charge in [0.05, 0.1) is 33.5 Å². The van der Waals surface area contributed by atoms with Crippen molar-refractivity contribution in [2.45, 2.75) is 96.7 Å². The van der Waals surface area contributed by atoms with E-state index in [0.29, 0.717) is 25.7 Å². The summed E-state index contributed by atoms with van der Waals surface area (Å²) in [5, 5.41) is 1.61. The summed E-state index contributed by atoms with van der Waals surface area (Å²) in [6, 6.07) is 0.977. The van der Waals surface area contributed by atoms with Gasteiger partial charge in [0.25, 0.3) is 0 Å². The topological polar surface area (TPSA) is 136 Å². The van der Waals surface area contributed by atoms with Gasteiger partial charge in [0, 0.05) is 30.5 Å². The molecule has 4 heterocycles. The molecule has 280 valence electrons. The molecular formula is C35H39ClF4N6O6. The molecule has 12 nitrogen and oxygen atoms in total. The highest BCUT2D eigenvalue weighted by Gasteiger charge is 2.46. The van der Waals surface area contributed by atoms with Crippen molar-refractivity contribution in [1.82, 2.24) is 19.9 Å². The Kier molecular flexibility index (Phi) is 9.46. The van der Waals surface area contributed by atoms with Gasteiger partial charge in [-0.05, 0) is 79.4 Å². The van der Waals surface area contributed by atoms with Crippen molar-refractivity contribution in [3.63, 3.8) is 0 Å². The molecule has 3 fully saturated rings. The van der Waals surface area contributed by atoms with Gasteiger partial charge in [-0.15, -0.1) is 0 Å². The highest BCUT2D eigenvalue weighted by molar-refractivity contribution is 6.32. The van der Waals surface area contributed by atoms with Crippen LogP contribution in [-0.4, -0.2) is 81.3 Å². The smallest absolute Gasteiger partial charge is 0.418 e. The quantitative estimate of drug-likeness (QED) is 0.188. The first kappa shape index (κ1) is 37.3. The molecule has 2 atom stereocenters. The zero-order valence-electron chi connectivity index (χ0n) is 29.5. The maximum atomic E-state index is 16.8. The SMILES string of the molecule is CC(C)(C)OC(=O)Nc1cc(Cl)c(C(F)(F)F)c(-c2ncc3c(N4CC5CCC(C4)N5C(=O)OC(C)(C)C)nc(OCC4(C=O)CC4)nc3c2F)c1. The van der Waals surface area contributed by atoms with E-state index in [2.05, 4.69) is 20.3 Å². The van der Waals surface area contributed by atoms with Crippen molar-refractivity contribution < 1.29 is 46.2 Å². The maximum Gasteiger partial charge on any atom is 0.418 e. The second kappa shape index (κ2) is 13.2. The lowest BCUT2D eigenvalue weighted by atomic mass is 10.0. The average molecular weight is 751 g/mol. The number of benzene rings is 1. The highest BCUT2D eigenvalue weighted by atomic mass is 35.5. The highest BCUT2D eigenvalue weighted by Crippen LogP contribution is 2.46. The van der Waals surface area contributed by atoms with Crippen molar-refractivity contribution in [1.29, 1.82) is 0 Å². The summed E-state index contributed by atoms with van der Waals surface area (Å²) in [5.41, 5.74) is -5.81. The second-order valence-electron chi connectivity index (χ2n) is 15.5. The van der Waals surface area contributed by atoms with Crippen LogP contribution in [0.4, 0.5) is 38.7 Å². The first-order chi connectivity index (χ1) is 24.2. The van der Waals surface area contributed by atoms with Gasteiger partial charge in [-0.1, -0.05) is 11.6 Å². The standard InChI is InChI=1S/C35H39ClF4N6O6/c1-32(2,3)51-30(48)42-18-11-21(24(23(36)12-18)35(38,39)40)26-25(37)27-22(13-41-26)28(44-29(43-27)50-17-34(16-47)9-10-34)45-14-19-7-8-20(15-45)46(19)31(49)52-33(4,5)6/h11-13,16,19-20H,7-10,14-15,17H2,1-6H3,(H,42,48). The number of halogens is 5. The molecule has 3 aliphatic rings. The van der Waals surface area contributed by atoms with Gasteiger partial charge in [0.15, 0.2) is 5.82 Å². The Balaban J connectivity index is 1.44. The number of carbonyl (C=O) groups excluding carboxylic acids is 3. The van der Waals surface area contributed by atoms with E-state index in [9.17, 15) is 27.6 Å². The van der Waals surface area contributed by atoms with Gasteiger partial charge in [-0.3, -0.25) is 15.2 Å². The summed E-state index contributed by atoms with van der Waals surface area (Å²) in [4.78, 5) is 53.8. The van der Waals surface area contributed by atoms with E-state index in [0.717, 1.165) is 18.4 Å². The molecule has 2 bridgehead atoms. The first-order valence-electron chi connectivity index (χ1n) is 16.8. The molecule has 1 aromatic carbocycles. The van der Waals surface area contributed by atoms with Crippen LogP contribution in [0.2, 0.25) is 5.02 Å². The van der Waals surface area contributed by atoms with Crippen LogP contribution in [0, 0.1) is 11.2 Å². The number of nitrogens with one attached hydrogen (secondary N) is 1. The molecule has 52 heavy (non-hydrogen) atoms. The summed E-state index contributed by atoms with van der Waals surface area (Å²) in [6.07, 6.45) is -1.97. The molecule has 2 aliphatic heterocycles. The minimum atomic E-state index is -5.05. The van der Waals surface area contributed by atoms with E-state index in [1.807, 2.05) is 4.90 Å². The Morgan fingerprint density at radius 1 is 1.02 bits per heavy atom. The maximum absolute atomic E-state index is 16.8. The van der Waals surface area contributed by atoms with Gasteiger partial charge >= 0.3 is 24.4 Å². The lowest BCUT2D eigenvalue weighted by Crippen LogP contribution is -2.57. The van der Waals surface area contributed by atoms with Gasteiger partial charge in [-0.2, -0.15) is 23.1 Å². The number of pyridine rings is 1. The zero-order chi connectivity index (χ0) is 38.0. The molecular weight excluding hydrogens is 712 g/mol. The van der Waals surface area contributed by atoms with Crippen molar-refractivity contribution in [2.24, 2.45) is 5.41 Å². The van der Waals surface area contributed by atoms with Crippen LogP contribution in [0.1, 0.15) is 72.8 Å². The van der Waals surface area contributed by atoms with Crippen LogP contribution in [0.3, 0.4) is 0 Å². The van der Waals surface area contributed by atoms with Crippen LogP contribution < -0.4 is 15.0 Å². The van der Waals surface area contributed by atoms with Gasteiger partial charge < -0.3 is 23.9 Å². The number of nitrogens with zero attached hydrogens (tertiary/aromatic N) is 5. The van der Waals surface area contributed by atoms with Gasteiger partial charge in [-0.25, -0.2) is 14.0 Å². The van der Waals surface area contributed by atoms with Crippen molar-refractivity contribution >= 4 is 52.5 Å². The van der Waals surface area contributed by atoms with Crippen LogP contribution in [0.5, 0.6) is 6.01 Å². The first-order valence-corrected chi connectivity index (χ1v) is 17.2. The molecule has 6 rings (SSSR count). The molecule has 2 unspecified atom stereocenters. The van der Waals surface area contributed by atoms with Crippen LogP contribution in [0.15, 0.2) is 18.3 Å². The van der Waals surface area contributed by atoms with Crippen LogP contribution in [0.25, 0.3) is 22.2 Å². The Bertz CT molecular complexity index is 1910. The number of rotatable bonds is 7. The summed E-state index contributed by atoms with van der Waals surface area (Å²) in [6.45, 7) is 10.7. The third kappa shape index (κ3) is 7.81. The molecule has 1 aliphatic carbocycles. The number of aromatic nitrogens is 3. The fourth-order valence-electron chi connectivity index (χ4n) is 6.44. The van der Waals surface area contributed by atoms with Crippen molar-refractivity contribution in [3.8, 4) is 17.3 Å². The number of hydrogen-bond donors (Lipinski definition) is 1. The monoisotopic (exact) mass is 750 g/mol. The molecule has 2 amide bonds. The van der Waals surface area contributed by atoms with E-state index in [1.165, 1.54) is 6.20 Å². The Hall–Kier alpha value is -4.47. The van der Waals surface area contributed by atoms with E-state index in [1.54, 1.807) is 46.4 Å². The van der Waals surface area contributed by atoms with E-state index < -0.39 is 68.2 Å². The summed E-state index contributed by atoms with van der Waals surface area (Å²) >= 11 is 6.13. The lowest BCUT2D eigenvalue weighted by Gasteiger charge is -2.42. The number of anilines is 2. The normalized spacial score (nSPS) is 19.8. The molecule has 0 radical (unpaired) electrons. The van der Waals surface area contributed by atoms with Gasteiger partial charge in [0.2, 0.25) is 0 Å². The van der Waals surface area contributed by atoms with E-state index in [4.69, 9.17) is 25.8 Å². The molecule has 0 spiro atoms. The number of fused-ring (bicyclic) bond motifs is 3. The summed E-state index contributed by atoms with van der Waals surface area (Å²) < 4.78 is 76.9. The van der Waals surface area contributed by atoms with Crippen molar-refractivity contribution in [2.75, 3.05) is 29.9 Å². The summed E-state index contributed by atoms with van der Waals surface area (Å²) in [5.74, 6) is -1.03. The lowest BCUT2D eigenvalue weighted by molar-refractivity contribution is -0.137. The number of alkyl halides is 3. The fourth-order valence-corrected chi connectivity index (χ4v) is 6.77. The van der Waals surface area contributed by atoms with Crippen LogP contribution in [-0.2, 0) is 20.4 Å². The predicted molar refractivity (Wildman–Crippen MR) is 183 cm³/mol. The largest absolute Gasteiger partial charge is 0.462 e. The van der Waals surface area contributed by atoms with E-state index in [-0.39, 0.29) is 54.7 Å². The fraction of sp³-hybridized carbons (Fsp3) is 0.543. The number of amides is 2. The Morgan fingerprint density at radius 3 is 2.21 bits per heavy atom. The van der Waals surface area contributed by atoms with Crippen molar-refractivity contribution in [3.05, 3.63) is 34.7 Å². The average Bonchev–Trinajstić information content (AvgIpc) is 3.74. The van der Waals surface area contributed by atoms with E-state index >= 15 is 4.39 Å². The predicted octanol–water partition coefficient (Wildman–Crippen LogP) is 7.80. The summed E-state index contributed by atoms with van der Waals surface area (Å²) in [7, 11) is 0. The zero-order valence-corrected chi connectivity index (χ0v) is 30.2. The number of aldehydes is 1. The number of piperazine rings is 1. The number of carbonyl (C=O) groups is 3.